The van der Waals surface area contributed by atoms with Crippen molar-refractivity contribution in [2.45, 2.75) is 143 Å². The van der Waals surface area contributed by atoms with E-state index in [4.69, 9.17) is 14.2 Å². The first-order chi connectivity index (χ1) is 20.0. The maximum absolute atomic E-state index is 12.5. The number of aliphatic hydroxyl groups excluding tert-OH is 1. The number of nitrogens with one attached hydrogen (secondary N) is 1. The van der Waals surface area contributed by atoms with Crippen LogP contribution in [0.3, 0.4) is 0 Å². The topological polar surface area (TPSA) is 110 Å². The molecule has 0 aromatic carbocycles. The molecule has 3 N–H and O–H groups in total. The van der Waals surface area contributed by atoms with Gasteiger partial charge in [-0.3, -0.25) is 10.1 Å². The van der Waals surface area contributed by atoms with E-state index < -0.39 is 29.9 Å². The van der Waals surface area contributed by atoms with Crippen LogP contribution in [-0.4, -0.2) is 71.4 Å². The lowest BCUT2D eigenvalue weighted by Crippen LogP contribution is -2.60. The molecule has 242 valence electrons. The van der Waals surface area contributed by atoms with E-state index in [0.717, 1.165) is 31.7 Å². The van der Waals surface area contributed by atoms with Crippen molar-refractivity contribution in [2.24, 2.45) is 55.7 Å². The molecule has 13 atom stereocenters. The molecule has 7 aliphatic rings. The van der Waals surface area contributed by atoms with Crippen LogP contribution in [0.1, 0.15) is 107 Å². The molecule has 43 heavy (non-hydrogen) atoms. The summed E-state index contributed by atoms with van der Waals surface area (Å²) in [6.45, 7) is 18.2. The number of aliphatic imine (C=N–C) groups is 1. The third-order valence-corrected chi connectivity index (χ3v) is 15.0. The number of fused-ring (bicyclic) bond motifs is 4. The summed E-state index contributed by atoms with van der Waals surface area (Å²) in [7, 11) is 0. The highest BCUT2D eigenvalue weighted by atomic mass is 16.6. The largest absolute Gasteiger partial charge is 0.476 e. The summed E-state index contributed by atoms with van der Waals surface area (Å²) in [5, 5.41) is 26.7. The number of hydrogen-bond donors (Lipinski definition) is 3. The highest BCUT2D eigenvalue weighted by Gasteiger charge is 2.84. The fourth-order valence-electron chi connectivity index (χ4n) is 13.2. The Morgan fingerprint density at radius 2 is 1.79 bits per heavy atom. The number of aliphatic hydroxyl groups is 2. The first-order valence-electron chi connectivity index (χ1n) is 17.2. The van der Waals surface area contributed by atoms with Gasteiger partial charge in [0, 0.05) is 17.8 Å². The summed E-state index contributed by atoms with van der Waals surface area (Å²) in [6.07, 6.45) is 7.03. The molecule has 8 nitrogen and oxygen atoms in total. The molecule has 2 aliphatic heterocycles. The number of hydrogen-bond acceptors (Lipinski definition) is 8. The smallest absolute Gasteiger partial charge is 0.303 e. The van der Waals surface area contributed by atoms with Crippen LogP contribution in [0, 0.1) is 50.7 Å². The van der Waals surface area contributed by atoms with Gasteiger partial charge in [0.1, 0.15) is 6.10 Å². The normalized spacial score (nSPS) is 52.0. The van der Waals surface area contributed by atoms with Crippen molar-refractivity contribution in [3.63, 3.8) is 0 Å². The molecule has 6 fully saturated rings. The molecule has 13 unspecified atom stereocenters. The van der Waals surface area contributed by atoms with E-state index in [-0.39, 0.29) is 45.7 Å². The van der Waals surface area contributed by atoms with Gasteiger partial charge >= 0.3 is 5.97 Å². The van der Waals surface area contributed by atoms with Gasteiger partial charge in [-0.15, -0.1) is 0 Å². The molecule has 0 bridgehead atoms. The fraction of sp³-hybridized carbons (Fsp3) is 0.943. The molecule has 0 radical (unpaired) electrons. The molecule has 0 aromatic rings. The van der Waals surface area contributed by atoms with E-state index in [0.29, 0.717) is 30.3 Å². The van der Waals surface area contributed by atoms with E-state index in [1.165, 1.54) is 32.6 Å². The van der Waals surface area contributed by atoms with Gasteiger partial charge in [0.15, 0.2) is 12.0 Å². The van der Waals surface area contributed by atoms with Crippen molar-refractivity contribution in [3.05, 3.63) is 0 Å². The second kappa shape index (κ2) is 9.42. The van der Waals surface area contributed by atoms with Crippen molar-refractivity contribution in [2.75, 3.05) is 13.2 Å². The molecule has 2 heterocycles. The monoisotopic (exact) mass is 600 g/mol. The zero-order valence-corrected chi connectivity index (χ0v) is 27.7. The Labute approximate surface area is 258 Å². The minimum absolute atomic E-state index is 0.0386. The summed E-state index contributed by atoms with van der Waals surface area (Å²) in [6, 6.07) is 0. The molecule has 8 heteroatoms. The second-order valence-corrected chi connectivity index (χ2v) is 17.5. The minimum atomic E-state index is -1.24. The van der Waals surface area contributed by atoms with E-state index in [9.17, 15) is 15.0 Å². The number of nitrogens with zero attached hydrogens (tertiary/aromatic N) is 1. The molecule has 0 aromatic heterocycles. The van der Waals surface area contributed by atoms with Gasteiger partial charge in [0.2, 0.25) is 0 Å². The van der Waals surface area contributed by atoms with Crippen molar-refractivity contribution < 1.29 is 29.2 Å². The van der Waals surface area contributed by atoms with Crippen LogP contribution >= 0.6 is 0 Å². The first-order valence-corrected chi connectivity index (χ1v) is 17.2. The van der Waals surface area contributed by atoms with Crippen LogP contribution in [0.5, 0.6) is 0 Å². The lowest BCUT2D eigenvalue weighted by molar-refractivity contribution is -0.216. The third-order valence-electron chi connectivity index (χ3n) is 15.0. The lowest BCUT2D eigenvalue weighted by Gasteiger charge is -2.63. The van der Waals surface area contributed by atoms with E-state index in [2.05, 4.69) is 44.9 Å². The molecule has 2 spiro atoms. The van der Waals surface area contributed by atoms with Gasteiger partial charge in [-0.2, -0.15) is 0 Å². The molecular weight excluding hydrogens is 544 g/mol. The van der Waals surface area contributed by atoms with Gasteiger partial charge in [-0.25, -0.2) is 4.99 Å². The zero-order valence-electron chi connectivity index (χ0n) is 27.7. The van der Waals surface area contributed by atoms with E-state index >= 15 is 0 Å². The summed E-state index contributed by atoms with van der Waals surface area (Å²) in [5.41, 5.74) is -0.845. The standard InChI is InChI=1S/C35H56N2O6/c1-19-15-21(29(31(5,6)40)41-20(2)38)42-27-26(19)32(7)13-14-35-17-34(35)12-11-24(43-25-16-36-18-37-25)30(3,4)22(34)9-10-23(35)33(32,8)28(27)39/h19,21-24,26-29,36,39-40H,9-18H2,1-8H3. The molecule has 5 aliphatic carbocycles. The minimum Gasteiger partial charge on any atom is -0.476 e. The Bertz CT molecular complexity index is 1200. The van der Waals surface area contributed by atoms with Gasteiger partial charge in [0.25, 0.3) is 0 Å². The highest BCUT2D eigenvalue weighted by molar-refractivity contribution is 5.79. The SMILES string of the molecule is CC(=O)OC(C1CC(C)C2C(O1)C(O)C1(C)C3CCC4C(C)(C)C(OC5=NCNC5)CCC45CC35CCC21C)C(C)(C)O. The highest BCUT2D eigenvalue weighted by Crippen LogP contribution is 2.89. The van der Waals surface area contributed by atoms with Crippen molar-refractivity contribution >= 4 is 11.9 Å². The third kappa shape index (κ3) is 3.88. The summed E-state index contributed by atoms with van der Waals surface area (Å²) >= 11 is 0. The lowest BCUT2D eigenvalue weighted by atomic mass is 9.41. The Morgan fingerprint density at radius 1 is 1.09 bits per heavy atom. The number of rotatable bonds is 4. The van der Waals surface area contributed by atoms with Crippen LogP contribution < -0.4 is 5.32 Å². The second-order valence-electron chi connectivity index (χ2n) is 17.5. The Hall–Kier alpha value is -1.22. The Kier molecular flexibility index (Phi) is 6.67. The molecular formula is C35H56N2O6. The number of ether oxygens (including phenoxy) is 3. The van der Waals surface area contributed by atoms with Crippen LogP contribution in [0.4, 0.5) is 0 Å². The predicted molar refractivity (Wildman–Crippen MR) is 163 cm³/mol. The molecule has 1 saturated heterocycles. The predicted octanol–water partition coefficient (Wildman–Crippen LogP) is 4.85. The van der Waals surface area contributed by atoms with Crippen LogP contribution in [0.2, 0.25) is 0 Å². The molecule has 7 rings (SSSR count). The van der Waals surface area contributed by atoms with Gasteiger partial charge < -0.3 is 24.4 Å². The van der Waals surface area contributed by atoms with Crippen LogP contribution in [0.25, 0.3) is 0 Å². The molecule has 5 saturated carbocycles. The maximum Gasteiger partial charge on any atom is 0.303 e. The van der Waals surface area contributed by atoms with Gasteiger partial charge in [-0.05, 0) is 105 Å². The number of carbonyl (C=O) groups is 1. The zero-order chi connectivity index (χ0) is 31.0. The summed E-state index contributed by atoms with van der Waals surface area (Å²) < 4.78 is 19.1. The number of esters is 1. The summed E-state index contributed by atoms with van der Waals surface area (Å²) in [4.78, 5) is 16.6. The first kappa shape index (κ1) is 30.4. The quantitative estimate of drug-likeness (QED) is 0.396. The average Bonchev–Trinajstić information content (AvgIpc) is 3.19. The van der Waals surface area contributed by atoms with Crippen molar-refractivity contribution in [1.82, 2.24) is 5.32 Å². The van der Waals surface area contributed by atoms with Crippen LogP contribution in [0.15, 0.2) is 4.99 Å². The van der Waals surface area contributed by atoms with E-state index in [1.54, 1.807) is 13.8 Å². The fourth-order valence-corrected chi connectivity index (χ4v) is 13.2. The van der Waals surface area contributed by atoms with Crippen molar-refractivity contribution in [1.29, 1.82) is 0 Å². The molecule has 0 amide bonds. The maximum atomic E-state index is 12.5. The van der Waals surface area contributed by atoms with Crippen LogP contribution in [-0.2, 0) is 19.0 Å². The van der Waals surface area contributed by atoms with Gasteiger partial charge in [0.05, 0.1) is 37.1 Å². The number of carbonyl (C=O) groups excluding carboxylic acids is 1. The van der Waals surface area contributed by atoms with Crippen molar-refractivity contribution in [3.8, 4) is 0 Å². The average molecular weight is 601 g/mol. The Balaban J connectivity index is 1.18. The van der Waals surface area contributed by atoms with Gasteiger partial charge in [-0.1, -0.05) is 34.6 Å². The summed E-state index contributed by atoms with van der Waals surface area (Å²) in [5.74, 6) is 2.05. The Morgan fingerprint density at radius 3 is 2.44 bits per heavy atom. The van der Waals surface area contributed by atoms with E-state index in [1.807, 2.05) is 0 Å².